The van der Waals surface area contributed by atoms with Crippen molar-refractivity contribution in [1.82, 2.24) is 10.2 Å². The summed E-state index contributed by atoms with van der Waals surface area (Å²) in [7, 11) is 1.60. The number of ether oxygens (including phenoxy) is 1. The molecular weight excluding hydrogens is 492 g/mol. The van der Waals surface area contributed by atoms with Crippen molar-refractivity contribution < 1.29 is 14.3 Å². The molecule has 1 N–H and O–H groups in total. The zero-order chi connectivity index (χ0) is 24.7. The molecule has 0 saturated carbocycles. The van der Waals surface area contributed by atoms with Gasteiger partial charge >= 0.3 is 0 Å². The largest absolute Gasteiger partial charge is 0.484 e. The van der Waals surface area contributed by atoms with Crippen molar-refractivity contribution in [3.63, 3.8) is 0 Å². The molecule has 34 heavy (non-hydrogen) atoms. The van der Waals surface area contributed by atoms with E-state index in [9.17, 15) is 9.59 Å². The highest BCUT2D eigenvalue weighted by Gasteiger charge is 2.30. The van der Waals surface area contributed by atoms with Gasteiger partial charge in [0.1, 0.15) is 11.8 Å². The zero-order valence-electron chi connectivity index (χ0n) is 20.1. The van der Waals surface area contributed by atoms with Gasteiger partial charge in [-0.2, -0.15) is 0 Å². The van der Waals surface area contributed by atoms with Gasteiger partial charge in [0.2, 0.25) is 5.91 Å². The molecule has 0 saturated heterocycles. The van der Waals surface area contributed by atoms with Gasteiger partial charge in [-0.1, -0.05) is 76.1 Å². The number of halogens is 1. The molecule has 0 aliphatic rings. The first-order chi connectivity index (χ1) is 16.3. The number of nitrogens with zero attached hydrogens (tertiary/aromatic N) is 1. The Morgan fingerprint density at radius 2 is 1.56 bits per heavy atom. The Balaban J connectivity index is 1.88. The number of hydrogen-bond acceptors (Lipinski definition) is 3. The minimum atomic E-state index is -0.668. The molecule has 3 aromatic carbocycles. The smallest absolute Gasteiger partial charge is 0.261 e. The Kier molecular flexibility index (Phi) is 8.88. The predicted molar refractivity (Wildman–Crippen MR) is 139 cm³/mol. The summed E-state index contributed by atoms with van der Waals surface area (Å²) in [5.74, 6) is 0.171. The van der Waals surface area contributed by atoms with Gasteiger partial charge < -0.3 is 15.0 Å². The van der Waals surface area contributed by atoms with Gasteiger partial charge in [0.05, 0.1) is 0 Å². The molecule has 0 heterocycles. The molecule has 3 aromatic rings. The van der Waals surface area contributed by atoms with E-state index in [0.29, 0.717) is 18.7 Å². The van der Waals surface area contributed by atoms with Crippen molar-refractivity contribution >= 4 is 27.7 Å². The lowest BCUT2D eigenvalue weighted by molar-refractivity contribution is -0.142. The molecule has 3 rings (SSSR count). The number of aryl methyl sites for hydroxylation is 3. The van der Waals surface area contributed by atoms with Gasteiger partial charge in [-0.25, -0.2) is 0 Å². The summed E-state index contributed by atoms with van der Waals surface area (Å²) < 4.78 is 6.92. The minimum absolute atomic E-state index is 0.158. The lowest BCUT2D eigenvalue weighted by atomic mass is 10.0. The number of likely N-dealkylation sites (N-methyl/N-ethyl adjacent to an activating group) is 1. The van der Waals surface area contributed by atoms with Crippen LogP contribution in [0.2, 0.25) is 0 Å². The van der Waals surface area contributed by atoms with Crippen LogP contribution in [0.15, 0.2) is 71.2 Å². The number of carbonyl (C=O) groups is 2. The third-order valence-electron chi connectivity index (χ3n) is 5.76. The first-order valence-electron chi connectivity index (χ1n) is 11.3. The normalized spacial score (nSPS) is 11.6. The molecule has 0 radical (unpaired) electrons. The van der Waals surface area contributed by atoms with E-state index in [0.717, 1.165) is 32.3 Å². The molecule has 6 heteroatoms. The fourth-order valence-electron chi connectivity index (χ4n) is 3.83. The molecule has 0 unspecified atom stereocenters. The lowest BCUT2D eigenvalue weighted by Crippen LogP contribution is -2.51. The monoisotopic (exact) mass is 522 g/mol. The summed E-state index contributed by atoms with van der Waals surface area (Å²) in [6, 6.07) is 20.9. The van der Waals surface area contributed by atoms with Crippen LogP contribution in [-0.2, 0) is 22.6 Å². The van der Waals surface area contributed by atoms with Gasteiger partial charge in [0.15, 0.2) is 6.61 Å². The SMILES string of the molecule is CNC(=O)[C@H](Cc1ccccc1)N(Cc1ccc(C)cc1)C(=O)COc1cc(C)c(Br)c(C)c1. The maximum absolute atomic E-state index is 13.5. The van der Waals surface area contributed by atoms with Gasteiger partial charge in [-0.3, -0.25) is 9.59 Å². The zero-order valence-corrected chi connectivity index (χ0v) is 21.7. The summed E-state index contributed by atoms with van der Waals surface area (Å²) in [5, 5.41) is 2.73. The van der Waals surface area contributed by atoms with Crippen molar-refractivity contribution in [2.45, 2.75) is 39.8 Å². The molecule has 0 bridgehead atoms. The molecule has 0 aromatic heterocycles. The Morgan fingerprint density at radius 1 is 0.941 bits per heavy atom. The minimum Gasteiger partial charge on any atom is -0.484 e. The van der Waals surface area contributed by atoms with Gasteiger partial charge in [-0.05, 0) is 55.2 Å². The average Bonchev–Trinajstić information content (AvgIpc) is 2.84. The number of hydrogen-bond donors (Lipinski definition) is 1. The Hall–Kier alpha value is -3.12. The van der Waals surface area contributed by atoms with E-state index in [1.807, 2.05) is 87.5 Å². The highest BCUT2D eigenvalue weighted by Crippen LogP contribution is 2.26. The highest BCUT2D eigenvalue weighted by molar-refractivity contribution is 9.10. The summed E-state index contributed by atoms with van der Waals surface area (Å²) in [4.78, 5) is 28.1. The van der Waals surface area contributed by atoms with E-state index < -0.39 is 6.04 Å². The summed E-state index contributed by atoms with van der Waals surface area (Å²) in [6.45, 7) is 6.14. The van der Waals surface area contributed by atoms with Crippen LogP contribution in [-0.4, -0.2) is 36.4 Å². The second-order valence-corrected chi connectivity index (χ2v) is 9.28. The van der Waals surface area contributed by atoms with Gasteiger partial charge in [0, 0.05) is 24.5 Å². The third kappa shape index (κ3) is 6.70. The van der Waals surface area contributed by atoms with Gasteiger partial charge in [0.25, 0.3) is 5.91 Å². The fourth-order valence-corrected chi connectivity index (χ4v) is 4.06. The van der Waals surface area contributed by atoms with E-state index in [-0.39, 0.29) is 18.4 Å². The van der Waals surface area contributed by atoms with E-state index in [1.165, 1.54) is 0 Å². The molecule has 0 fully saturated rings. The molecule has 178 valence electrons. The molecular formula is C28H31BrN2O3. The number of rotatable bonds is 9. The molecule has 0 aliphatic carbocycles. The van der Waals surface area contributed by atoms with Crippen LogP contribution >= 0.6 is 15.9 Å². The molecule has 1 atom stereocenters. The summed E-state index contributed by atoms with van der Waals surface area (Å²) in [5.41, 5.74) is 5.14. The molecule has 2 amide bonds. The molecule has 0 spiro atoms. The van der Waals surface area contributed by atoms with E-state index >= 15 is 0 Å². The van der Waals surface area contributed by atoms with Crippen molar-refractivity contribution in [1.29, 1.82) is 0 Å². The summed E-state index contributed by atoms with van der Waals surface area (Å²) >= 11 is 3.56. The number of benzene rings is 3. The number of nitrogens with one attached hydrogen (secondary N) is 1. The van der Waals surface area contributed by atoms with Crippen LogP contribution in [0.3, 0.4) is 0 Å². The van der Waals surface area contributed by atoms with Crippen LogP contribution in [0.5, 0.6) is 5.75 Å². The molecule has 0 aliphatic heterocycles. The quantitative estimate of drug-likeness (QED) is 0.423. The standard InChI is InChI=1S/C28H31BrN2O3/c1-19-10-12-23(13-11-19)17-31(25(28(33)30-4)16-22-8-6-5-7-9-22)26(32)18-34-24-14-20(2)27(29)21(3)15-24/h5-15,25H,16-18H2,1-4H3,(H,30,33)/t25-/m0/s1. The van der Waals surface area contributed by atoms with Crippen molar-refractivity contribution in [3.8, 4) is 5.75 Å². The second-order valence-electron chi connectivity index (χ2n) is 8.49. The van der Waals surface area contributed by atoms with Gasteiger partial charge in [-0.15, -0.1) is 0 Å². The maximum atomic E-state index is 13.5. The predicted octanol–water partition coefficient (Wildman–Crippen LogP) is 5.14. The Morgan fingerprint density at radius 3 is 2.15 bits per heavy atom. The lowest BCUT2D eigenvalue weighted by Gasteiger charge is -2.31. The van der Waals surface area contributed by atoms with Crippen molar-refractivity contribution in [3.05, 3.63) is 99.0 Å². The number of amides is 2. The third-order valence-corrected chi connectivity index (χ3v) is 7.01. The van der Waals surface area contributed by atoms with Crippen LogP contribution in [0.25, 0.3) is 0 Å². The van der Waals surface area contributed by atoms with Crippen LogP contribution in [0.4, 0.5) is 0 Å². The molecule has 5 nitrogen and oxygen atoms in total. The van der Waals surface area contributed by atoms with Crippen molar-refractivity contribution in [2.24, 2.45) is 0 Å². The average molecular weight is 523 g/mol. The van der Waals surface area contributed by atoms with E-state index in [4.69, 9.17) is 4.74 Å². The maximum Gasteiger partial charge on any atom is 0.261 e. The van der Waals surface area contributed by atoms with E-state index in [2.05, 4.69) is 21.2 Å². The Labute approximate surface area is 210 Å². The highest BCUT2D eigenvalue weighted by atomic mass is 79.9. The second kappa shape index (κ2) is 11.8. The topological polar surface area (TPSA) is 58.6 Å². The summed E-state index contributed by atoms with van der Waals surface area (Å²) in [6.07, 6.45) is 0.411. The first-order valence-corrected chi connectivity index (χ1v) is 12.1. The first kappa shape index (κ1) is 25.5. The van der Waals surface area contributed by atoms with E-state index in [1.54, 1.807) is 11.9 Å². The number of carbonyl (C=O) groups excluding carboxylic acids is 2. The fraction of sp³-hybridized carbons (Fsp3) is 0.286. The Bertz CT molecular complexity index is 1110. The van der Waals surface area contributed by atoms with Crippen LogP contribution < -0.4 is 10.1 Å². The van der Waals surface area contributed by atoms with Crippen LogP contribution in [0, 0.1) is 20.8 Å². The van der Waals surface area contributed by atoms with Crippen molar-refractivity contribution in [2.75, 3.05) is 13.7 Å². The van der Waals surface area contributed by atoms with Crippen LogP contribution in [0.1, 0.15) is 27.8 Å².